The molecule has 3 nitrogen and oxygen atoms in total. The summed E-state index contributed by atoms with van der Waals surface area (Å²) in [5.74, 6) is -0.867. The Kier molecular flexibility index (Phi) is 3.47. The molecule has 0 aliphatic heterocycles. The molecule has 0 N–H and O–H groups in total. The van der Waals surface area contributed by atoms with E-state index >= 15 is 0 Å². The fraction of sp³-hybridized carbons (Fsp3) is 0.778. The van der Waals surface area contributed by atoms with Gasteiger partial charge in [0.1, 0.15) is 5.92 Å². The second-order valence-corrected chi connectivity index (χ2v) is 4.42. The van der Waals surface area contributed by atoms with Crippen LogP contribution < -0.4 is 0 Å². The number of ketones is 1. The number of ether oxygens (including phenoxy) is 1. The van der Waals surface area contributed by atoms with E-state index < -0.39 is 5.92 Å². The second-order valence-electron chi connectivity index (χ2n) is 3.31. The molecule has 13 heavy (non-hydrogen) atoms. The minimum Gasteiger partial charge on any atom is -0.465 e. The van der Waals surface area contributed by atoms with E-state index in [9.17, 15) is 9.59 Å². The van der Waals surface area contributed by atoms with Crippen molar-refractivity contribution in [2.24, 2.45) is 11.8 Å². The van der Waals surface area contributed by atoms with Crippen LogP contribution in [0.15, 0.2) is 0 Å². The van der Waals surface area contributed by atoms with Gasteiger partial charge >= 0.3 is 5.97 Å². The van der Waals surface area contributed by atoms with Crippen LogP contribution in [0.1, 0.15) is 20.3 Å². The van der Waals surface area contributed by atoms with Crippen molar-refractivity contribution in [2.45, 2.75) is 25.1 Å². The van der Waals surface area contributed by atoms with Crippen molar-refractivity contribution in [1.82, 2.24) is 0 Å². The minimum absolute atomic E-state index is 0.0362. The molecule has 0 aromatic carbocycles. The predicted molar refractivity (Wildman–Crippen MR) is 51.6 cm³/mol. The Hall–Kier alpha value is -0.380. The molecule has 3 atom stereocenters. The minimum atomic E-state index is -0.552. The zero-order valence-corrected chi connectivity index (χ0v) is 9.33. The van der Waals surface area contributed by atoms with Gasteiger partial charge in [-0.15, -0.1) is 0 Å². The normalized spacial score (nSPS) is 33.5. The maximum atomic E-state index is 11.5. The van der Waals surface area contributed by atoms with Crippen molar-refractivity contribution >= 4 is 27.7 Å². The Morgan fingerprint density at radius 1 is 1.69 bits per heavy atom. The second kappa shape index (κ2) is 4.22. The summed E-state index contributed by atoms with van der Waals surface area (Å²) in [4.78, 5) is 22.7. The van der Waals surface area contributed by atoms with E-state index in [0.29, 0.717) is 6.61 Å². The molecule has 0 aromatic rings. The molecule has 1 aliphatic carbocycles. The highest BCUT2D eigenvalue weighted by Gasteiger charge is 2.43. The molecule has 1 fully saturated rings. The van der Waals surface area contributed by atoms with E-state index in [-0.39, 0.29) is 22.5 Å². The van der Waals surface area contributed by atoms with Crippen LogP contribution in [0.2, 0.25) is 0 Å². The van der Waals surface area contributed by atoms with Crippen molar-refractivity contribution in [3.8, 4) is 0 Å². The van der Waals surface area contributed by atoms with Crippen molar-refractivity contribution in [3.63, 3.8) is 0 Å². The topological polar surface area (TPSA) is 43.4 Å². The third kappa shape index (κ3) is 2.10. The fourth-order valence-electron chi connectivity index (χ4n) is 1.63. The zero-order valence-electron chi connectivity index (χ0n) is 7.75. The maximum Gasteiger partial charge on any atom is 0.316 e. The average Bonchev–Trinajstić information content (AvgIpc) is 2.27. The molecule has 0 saturated heterocycles. The largest absolute Gasteiger partial charge is 0.465 e. The van der Waals surface area contributed by atoms with Crippen LogP contribution in [-0.4, -0.2) is 23.2 Å². The highest BCUT2D eigenvalue weighted by molar-refractivity contribution is 9.10. The molecule has 2 unspecified atom stereocenters. The van der Waals surface area contributed by atoms with Gasteiger partial charge < -0.3 is 4.74 Å². The van der Waals surface area contributed by atoms with Gasteiger partial charge in [0.15, 0.2) is 5.78 Å². The van der Waals surface area contributed by atoms with Crippen molar-refractivity contribution in [1.29, 1.82) is 0 Å². The number of esters is 1. The Bertz CT molecular complexity index is 227. The third-order valence-corrected chi connectivity index (χ3v) is 3.13. The Labute approximate surface area is 86.0 Å². The Balaban J connectivity index is 2.68. The van der Waals surface area contributed by atoms with Crippen LogP contribution >= 0.6 is 15.9 Å². The quantitative estimate of drug-likeness (QED) is 0.423. The van der Waals surface area contributed by atoms with Crippen LogP contribution in [0.25, 0.3) is 0 Å². The van der Waals surface area contributed by atoms with Crippen LogP contribution in [0.4, 0.5) is 0 Å². The number of Topliss-reactive ketones (excluding diaryl/α,β-unsaturated/α-hetero) is 1. The first kappa shape index (κ1) is 10.7. The number of carbonyl (C=O) groups is 2. The Morgan fingerprint density at radius 3 is 2.69 bits per heavy atom. The lowest BCUT2D eigenvalue weighted by Crippen LogP contribution is -2.27. The van der Waals surface area contributed by atoms with Gasteiger partial charge in [-0.1, -0.05) is 22.9 Å². The van der Waals surface area contributed by atoms with Gasteiger partial charge in [0.05, 0.1) is 11.4 Å². The summed E-state index contributed by atoms with van der Waals surface area (Å²) in [7, 11) is 0. The highest BCUT2D eigenvalue weighted by atomic mass is 79.9. The number of halogens is 1. The molecule has 74 valence electrons. The summed E-state index contributed by atoms with van der Waals surface area (Å²) in [6.07, 6.45) is 0.725. The van der Waals surface area contributed by atoms with Crippen LogP contribution in [-0.2, 0) is 14.3 Å². The van der Waals surface area contributed by atoms with Gasteiger partial charge in [-0.05, 0) is 19.3 Å². The van der Waals surface area contributed by atoms with Crippen molar-refractivity contribution < 1.29 is 14.3 Å². The van der Waals surface area contributed by atoms with Gasteiger partial charge in [0, 0.05) is 0 Å². The first-order valence-electron chi connectivity index (χ1n) is 4.42. The molecular formula is C9H13BrO3. The number of hydrogen-bond donors (Lipinski definition) is 0. The number of carbonyl (C=O) groups excluding carboxylic acids is 2. The van der Waals surface area contributed by atoms with Crippen LogP contribution in [0, 0.1) is 11.8 Å². The van der Waals surface area contributed by atoms with E-state index in [2.05, 4.69) is 15.9 Å². The summed E-state index contributed by atoms with van der Waals surface area (Å²) in [6, 6.07) is 0. The number of hydrogen-bond acceptors (Lipinski definition) is 3. The molecule has 0 bridgehead atoms. The van der Waals surface area contributed by atoms with Crippen LogP contribution in [0.3, 0.4) is 0 Å². The summed E-state index contributed by atoms with van der Waals surface area (Å²) >= 11 is 3.25. The molecule has 1 aliphatic rings. The molecule has 1 saturated carbocycles. The lowest BCUT2D eigenvalue weighted by Gasteiger charge is -2.11. The fourth-order valence-corrected chi connectivity index (χ4v) is 2.51. The van der Waals surface area contributed by atoms with Gasteiger partial charge in [-0.2, -0.15) is 0 Å². The SMILES string of the molecule is CCOC(=O)C1C(=O)C(Br)C[C@H]1C. The molecule has 4 heteroatoms. The molecule has 0 radical (unpaired) electrons. The number of alkyl halides is 1. The standard InChI is InChI=1S/C9H13BrO3/c1-3-13-9(12)7-5(2)4-6(10)8(7)11/h5-7H,3-4H2,1-2H3/t5-,6?,7?/m1/s1. The van der Waals surface area contributed by atoms with Gasteiger partial charge in [0.2, 0.25) is 0 Å². The lowest BCUT2D eigenvalue weighted by atomic mass is 9.98. The first-order valence-corrected chi connectivity index (χ1v) is 5.34. The van der Waals surface area contributed by atoms with E-state index in [1.54, 1.807) is 6.92 Å². The summed E-state index contributed by atoms with van der Waals surface area (Å²) in [5, 5.41) is 0. The van der Waals surface area contributed by atoms with E-state index in [0.717, 1.165) is 6.42 Å². The highest BCUT2D eigenvalue weighted by Crippen LogP contribution is 2.33. The zero-order chi connectivity index (χ0) is 10.0. The van der Waals surface area contributed by atoms with Crippen molar-refractivity contribution in [3.05, 3.63) is 0 Å². The summed E-state index contributed by atoms with van der Waals surface area (Å²) < 4.78 is 4.83. The molecule has 1 rings (SSSR count). The average molecular weight is 249 g/mol. The van der Waals surface area contributed by atoms with Gasteiger partial charge in [-0.3, -0.25) is 9.59 Å². The molecule has 0 spiro atoms. The predicted octanol–water partition coefficient (Wildman–Crippen LogP) is 1.54. The molecular weight excluding hydrogens is 236 g/mol. The van der Waals surface area contributed by atoms with Crippen molar-refractivity contribution in [2.75, 3.05) is 6.61 Å². The maximum absolute atomic E-state index is 11.5. The monoisotopic (exact) mass is 248 g/mol. The molecule has 0 aromatic heterocycles. The third-order valence-electron chi connectivity index (χ3n) is 2.30. The summed E-state index contributed by atoms with van der Waals surface area (Å²) in [5.41, 5.74) is 0. The first-order chi connectivity index (χ1) is 6.07. The van der Waals surface area contributed by atoms with Gasteiger partial charge in [0.25, 0.3) is 0 Å². The number of rotatable bonds is 2. The lowest BCUT2D eigenvalue weighted by molar-refractivity contribution is -0.151. The van der Waals surface area contributed by atoms with E-state index in [4.69, 9.17) is 4.74 Å². The van der Waals surface area contributed by atoms with E-state index in [1.807, 2.05) is 6.92 Å². The van der Waals surface area contributed by atoms with E-state index in [1.165, 1.54) is 0 Å². The smallest absolute Gasteiger partial charge is 0.316 e. The summed E-state index contributed by atoms with van der Waals surface area (Å²) in [6.45, 7) is 3.98. The van der Waals surface area contributed by atoms with Gasteiger partial charge in [-0.25, -0.2) is 0 Å². The van der Waals surface area contributed by atoms with Crippen LogP contribution in [0.5, 0.6) is 0 Å². The molecule has 0 amide bonds. The Morgan fingerprint density at radius 2 is 2.31 bits per heavy atom. The molecule has 0 heterocycles.